The molecule has 0 spiro atoms. The highest BCUT2D eigenvalue weighted by Gasteiger charge is 2.22. The largest absolute Gasteiger partial charge is 0.480 e. The molecule has 3 N–H and O–H groups in total. The first-order valence-electron chi connectivity index (χ1n) is 7.03. The highest BCUT2D eigenvalue weighted by molar-refractivity contribution is 7.12. The molecule has 0 radical (unpaired) electrons. The molecule has 0 aromatic carbocycles. The van der Waals surface area contributed by atoms with Crippen LogP contribution in [0.15, 0.2) is 11.4 Å². The molecule has 0 aliphatic heterocycles. The fourth-order valence-corrected chi connectivity index (χ4v) is 2.57. The first kappa shape index (κ1) is 19.8. The third kappa shape index (κ3) is 6.49. The number of amides is 2. The lowest BCUT2D eigenvalue weighted by Crippen LogP contribution is -2.46. The Morgan fingerprint density at radius 3 is 2.54 bits per heavy atom. The Bertz CT molecular complexity index is 591. The summed E-state index contributed by atoms with van der Waals surface area (Å²) in [5, 5.41) is 15.0. The maximum Gasteiger partial charge on any atom is 0.387 e. The van der Waals surface area contributed by atoms with Gasteiger partial charge in [0.25, 0.3) is 5.91 Å². The van der Waals surface area contributed by atoms with Crippen LogP contribution >= 0.6 is 11.3 Å². The second-order valence-corrected chi connectivity index (χ2v) is 6.18. The van der Waals surface area contributed by atoms with Gasteiger partial charge in [0.2, 0.25) is 5.91 Å². The lowest BCUT2D eigenvalue weighted by Gasteiger charge is -2.16. The monoisotopic (exact) mass is 364 g/mol. The van der Waals surface area contributed by atoms with Crippen molar-refractivity contribution in [1.29, 1.82) is 0 Å². The molecule has 10 heteroatoms. The van der Waals surface area contributed by atoms with Gasteiger partial charge in [-0.05, 0) is 23.8 Å². The fraction of sp³-hybridized carbons (Fsp3) is 0.500. The zero-order chi connectivity index (χ0) is 18.3. The van der Waals surface area contributed by atoms with Gasteiger partial charge < -0.3 is 20.5 Å². The Balaban J connectivity index is 2.56. The summed E-state index contributed by atoms with van der Waals surface area (Å²) >= 11 is 0.882. The molecule has 1 heterocycles. The zero-order valence-corrected chi connectivity index (χ0v) is 13.9. The van der Waals surface area contributed by atoms with E-state index in [-0.39, 0.29) is 23.0 Å². The summed E-state index contributed by atoms with van der Waals surface area (Å²) in [7, 11) is 0. The number of hydrogen-bond donors (Lipinski definition) is 3. The number of carbonyl (C=O) groups excluding carboxylic acids is 2. The van der Waals surface area contributed by atoms with Crippen LogP contribution < -0.4 is 15.4 Å². The zero-order valence-electron chi connectivity index (χ0n) is 13.0. The average molecular weight is 364 g/mol. The number of carboxylic acids is 1. The Morgan fingerprint density at radius 1 is 1.33 bits per heavy atom. The van der Waals surface area contributed by atoms with Crippen molar-refractivity contribution in [3.05, 3.63) is 16.3 Å². The lowest BCUT2D eigenvalue weighted by molar-refractivity contribution is -0.142. The molecular weight excluding hydrogens is 346 g/mol. The summed E-state index contributed by atoms with van der Waals surface area (Å²) in [4.78, 5) is 34.6. The SMILES string of the molecule is CC(C)C[C@H](NC(=O)CNC(=O)c1sccc1OC(F)F)C(=O)O. The van der Waals surface area contributed by atoms with Crippen LogP contribution in [-0.4, -0.2) is 42.1 Å². The van der Waals surface area contributed by atoms with Gasteiger partial charge in [-0.2, -0.15) is 8.78 Å². The lowest BCUT2D eigenvalue weighted by atomic mass is 10.0. The number of rotatable bonds is 9. The first-order valence-corrected chi connectivity index (χ1v) is 7.91. The summed E-state index contributed by atoms with van der Waals surface area (Å²) in [6.45, 7) is 0.0742. The van der Waals surface area contributed by atoms with Crippen LogP contribution in [0.25, 0.3) is 0 Å². The minimum atomic E-state index is -3.07. The molecule has 24 heavy (non-hydrogen) atoms. The van der Waals surface area contributed by atoms with Crippen LogP contribution in [0.3, 0.4) is 0 Å². The smallest absolute Gasteiger partial charge is 0.387 e. The molecule has 1 aromatic rings. The van der Waals surface area contributed by atoms with Crippen LogP contribution in [0.1, 0.15) is 29.9 Å². The normalized spacial score (nSPS) is 12.1. The molecular formula is C14H18F2N2O5S. The molecule has 1 atom stereocenters. The second-order valence-electron chi connectivity index (χ2n) is 5.26. The predicted molar refractivity (Wildman–Crippen MR) is 82.3 cm³/mol. The summed E-state index contributed by atoms with van der Waals surface area (Å²) in [5.74, 6) is -2.85. The number of carboxylic acid groups (broad SMARTS) is 1. The summed E-state index contributed by atoms with van der Waals surface area (Å²) in [5.41, 5.74) is 0. The summed E-state index contributed by atoms with van der Waals surface area (Å²) < 4.78 is 28.6. The van der Waals surface area contributed by atoms with E-state index in [2.05, 4.69) is 15.4 Å². The molecule has 0 saturated carbocycles. The van der Waals surface area contributed by atoms with Gasteiger partial charge in [-0.15, -0.1) is 11.3 Å². The number of hydrogen-bond acceptors (Lipinski definition) is 5. The molecule has 2 amide bonds. The van der Waals surface area contributed by atoms with Crippen molar-refractivity contribution in [3.63, 3.8) is 0 Å². The van der Waals surface area contributed by atoms with Gasteiger partial charge in [-0.1, -0.05) is 13.8 Å². The maximum atomic E-state index is 12.2. The number of carbonyl (C=O) groups is 3. The fourth-order valence-electron chi connectivity index (χ4n) is 1.83. The molecule has 0 aliphatic carbocycles. The van der Waals surface area contributed by atoms with E-state index >= 15 is 0 Å². The van der Waals surface area contributed by atoms with Gasteiger partial charge in [-0.25, -0.2) is 4.79 Å². The molecule has 0 fully saturated rings. The van der Waals surface area contributed by atoms with E-state index in [1.54, 1.807) is 0 Å². The number of halogens is 2. The van der Waals surface area contributed by atoms with Gasteiger partial charge in [-0.3, -0.25) is 9.59 Å². The van der Waals surface area contributed by atoms with Crippen molar-refractivity contribution in [2.75, 3.05) is 6.54 Å². The van der Waals surface area contributed by atoms with Crippen molar-refractivity contribution >= 4 is 29.1 Å². The molecule has 7 nitrogen and oxygen atoms in total. The number of ether oxygens (including phenoxy) is 1. The van der Waals surface area contributed by atoms with Gasteiger partial charge in [0.15, 0.2) is 0 Å². The predicted octanol–water partition coefficient (Wildman–Crippen LogP) is 1.69. The second kappa shape index (κ2) is 9.16. The van der Waals surface area contributed by atoms with E-state index in [9.17, 15) is 23.2 Å². The number of alkyl halides is 2. The van der Waals surface area contributed by atoms with Gasteiger partial charge in [0.05, 0.1) is 6.54 Å². The molecule has 0 unspecified atom stereocenters. The van der Waals surface area contributed by atoms with Gasteiger partial charge in [0, 0.05) is 0 Å². The summed E-state index contributed by atoms with van der Waals surface area (Å²) in [6.07, 6.45) is 0.242. The van der Waals surface area contributed by atoms with E-state index in [0.29, 0.717) is 0 Å². The van der Waals surface area contributed by atoms with Crippen LogP contribution in [0.5, 0.6) is 5.75 Å². The molecule has 134 valence electrons. The molecule has 0 bridgehead atoms. The number of aliphatic carboxylic acids is 1. The Morgan fingerprint density at radius 2 is 2.00 bits per heavy atom. The van der Waals surface area contributed by atoms with E-state index in [4.69, 9.17) is 5.11 Å². The standard InChI is InChI=1S/C14H18F2N2O5S/c1-7(2)5-8(13(21)22)18-10(19)6-17-12(20)11-9(3-4-24-11)23-14(15)16/h3-4,7-8,14H,5-6H2,1-2H3,(H,17,20)(H,18,19)(H,21,22)/t8-/m0/s1. The molecule has 0 aliphatic rings. The Kier molecular flexibility index (Phi) is 7.56. The van der Waals surface area contributed by atoms with Crippen LogP contribution in [0.4, 0.5) is 8.78 Å². The van der Waals surface area contributed by atoms with E-state index in [0.717, 1.165) is 11.3 Å². The minimum absolute atomic E-state index is 0.0566. The third-order valence-electron chi connectivity index (χ3n) is 2.80. The van der Waals surface area contributed by atoms with Crippen LogP contribution in [0.2, 0.25) is 0 Å². The van der Waals surface area contributed by atoms with Crippen molar-refractivity contribution in [2.24, 2.45) is 5.92 Å². The maximum absolute atomic E-state index is 12.2. The Labute approximate surface area is 141 Å². The van der Waals surface area contributed by atoms with Crippen molar-refractivity contribution < 1.29 is 33.0 Å². The van der Waals surface area contributed by atoms with E-state index in [1.165, 1.54) is 11.4 Å². The first-order chi connectivity index (χ1) is 11.2. The highest BCUT2D eigenvalue weighted by Crippen LogP contribution is 2.26. The minimum Gasteiger partial charge on any atom is -0.480 e. The number of nitrogens with one attached hydrogen (secondary N) is 2. The highest BCUT2D eigenvalue weighted by atomic mass is 32.1. The topological polar surface area (TPSA) is 105 Å². The summed E-state index contributed by atoms with van der Waals surface area (Å²) in [6, 6.07) is 0.156. The van der Waals surface area contributed by atoms with Gasteiger partial charge in [0.1, 0.15) is 16.7 Å². The van der Waals surface area contributed by atoms with E-state index < -0.39 is 37.0 Å². The Hall–Kier alpha value is -2.23. The molecule has 1 aromatic heterocycles. The quantitative estimate of drug-likeness (QED) is 0.619. The number of thiophene rings is 1. The van der Waals surface area contributed by atoms with Crippen LogP contribution in [0, 0.1) is 5.92 Å². The van der Waals surface area contributed by atoms with Crippen molar-refractivity contribution in [2.45, 2.75) is 32.9 Å². The molecule has 0 saturated heterocycles. The van der Waals surface area contributed by atoms with Gasteiger partial charge >= 0.3 is 12.6 Å². The molecule has 1 rings (SSSR count). The third-order valence-corrected chi connectivity index (χ3v) is 3.70. The van der Waals surface area contributed by atoms with E-state index in [1.807, 2.05) is 13.8 Å². The van der Waals surface area contributed by atoms with Crippen LogP contribution in [-0.2, 0) is 9.59 Å². The average Bonchev–Trinajstić information content (AvgIpc) is 2.90. The van der Waals surface area contributed by atoms with Crippen molar-refractivity contribution in [3.8, 4) is 5.75 Å². The van der Waals surface area contributed by atoms with Crippen molar-refractivity contribution in [1.82, 2.24) is 10.6 Å².